The van der Waals surface area contributed by atoms with Crippen LogP contribution in [0.4, 0.5) is 4.39 Å². The fraction of sp³-hybridized carbons (Fsp3) is 0.308. The normalized spacial score (nSPS) is 13.1. The molecular formula is C13H13FN2O3. The highest BCUT2D eigenvalue weighted by molar-refractivity contribution is 5.96. The first-order valence-corrected chi connectivity index (χ1v) is 5.62. The first kappa shape index (κ1) is 14.6. The number of nitrogens with one attached hydrogen (secondary N) is 1. The summed E-state index contributed by atoms with van der Waals surface area (Å²) in [7, 11) is 0. The molecule has 0 saturated carbocycles. The van der Waals surface area contributed by atoms with Gasteiger partial charge in [0.05, 0.1) is 11.6 Å². The number of nitrogens with zero attached hydrogens (tertiary/aromatic N) is 1. The fourth-order valence-electron chi connectivity index (χ4n) is 1.57. The Kier molecular flexibility index (Phi) is 5.01. The molecule has 0 unspecified atom stereocenters. The summed E-state index contributed by atoms with van der Waals surface area (Å²) in [4.78, 5) is 22.8. The Labute approximate surface area is 109 Å². The van der Waals surface area contributed by atoms with E-state index < -0.39 is 29.7 Å². The van der Waals surface area contributed by atoms with Crippen LogP contribution in [0.15, 0.2) is 24.3 Å². The lowest BCUT2D eigenvalue weighted by Gasteiger charge is -2.19. The van der Waals surface area contributed by atoms with Crippen LogP contribution in [0.25, 0.3) is 0 Å². The van der Waals surface area contributed by atoms with Crippen molar-refractivity contribution < 1.29 is 19.1 Å². The van der Waals surface area contributed by atoms with E-state index in [2.05, 4.69) is 5.32 Å². The maximum atomic E-state index is 13.4. The van der Waals surface area contributed by atoms with Crippen LogP contribution in [0.1, 0.15) is 23.7 Å². The van der Waals surface area contributed by atoms with Gasteiger partial charge in [-0.05, 0) is 12.1 Å². The molecule has 0 heterocycles. The van der Waals surface area contributed by atoms with E-state index in [1.54, 1.807) is 0 Å². The Hall–Kier alpha value is -2.42. The largest absolute Gasteiger partial charge is 0.480 e. The minimum absolute atomic E-state index is 0.0193. The van der Waals surface area contributed by atoms with E-state index in [0.29, 0.717) is 0 Å². The minimum Gasteiger partial charge on any atom is -0.480 e. The number of carboxylic acids is 1. The van der Waals surface area contributed by atoms with Gasteiger partial charge in [-0.1, -0.05) is 19.1 Å². The molecule has 0 aliphatic rings. The van der Waals surface area contributed by atoms with Gasteiger partial charge in [-0.25, -0.2) is 9.18 Å². The van der Waals surface area contributed by atoms with E-state index in [1.807, 2.05) is 6.07 Å². The molecule has 19 heavy (non-hydrogen) atoms. The van der Waals surface area contributed by atoms with Crippen molar-refractivity contribution in [2.24, 2.45) is 5.92 Å². The number of aliphatic carboxylic acids is 1. The molecule has 1 amide bonds. The molecule has 2 N–H and O–H groups in total. The molecule has 0 radical (unpaired) electrons. The maximum Gasteiger partial charge on any atom is 0.326 e. The van der Waals surface area contributed by atoms with Crippen LogP contribution in [-0.2, 0) is 4.79 Å². The van der Waals surface area contributed by atoms with E-state index in [4.69, 9.17) is 10.4 Å². The molecule has 1 rings (SSSR count). The number of benzene rings is 1. The van der Waals surface area contributed by atoms with Crippen molar-refractivity contribution in [3.8, 4) is 6.07 Å². The van der Waals surface area contributed by atoms with Gasteiger partial charge in [-0.2, -0.15) is 5.26 Å². The second-order valence-corrected chi connectivity index (χ2v) is 4.11. The second kappa shape index (κ2) is 6.50. The lowest BCUT2D eigenvalue weighted by atomic mass is 9.98. The van der Waals surface area contributed by atoms with Crippen LogP contribution < -0.4 is 5.32 Å². The quantitative estimate of drug-likeness (QED) is 0.844. The van der Waals surface area contributed by atoms with E-state index in [-0.39, 0.29) is 12.0 Å². The van der Waals surface area contributed by atoms with Gasteiger partial charge >= 0.3 is 5.97 Å². The molecule has 0 aromatic heterocycles. The number of nitriles is 1. The Morgan fingerprint density at radius 3 is 2.63 bits per heavy atom. The van der Waals surface area contributed by atoms with Gasteiger partial charge in [0.25, 0.3) is 5.91 Å². The molecule has 2 atom stereocenters. The predicted molar refractivity (Wildman–Crippen MR) is 64.7 cm³/mol. The highest BCUT2D eigenvalue weighted by atomic mass is 19.1. The molecular weight excluding hydrogens is 251 g/mol. The lowest BCUT2D eigenvalue weighted by molar-refractivity contribution is -0.140. The number of amides is 1. The molecule has 1 aromatic rings. The summed E-state index contributed by atoms with van der Waals surface area (Å²) in [6.07, 6.45) is -0.0193. The first-order valence-electron chi connectivity index (χ1n) is 5.62. The highest BCUT2D eigenvalue weighted by Gasteiger charge is 2.27. The van der Waals surface area contributed by atoms with Gasteiger partial charge in [-0.15, -0.1) is 0 Å². The van der Waals surface area contributed by atoms with Crippen LogP contribution >= 0.6 is 0 Å². The fourth-order valence-corrected chi connectivity index (χ4v) is 1.57. The zero-order chi connectivity index (χ0) is 14.4. The SMILES string of the molecule is C[C@H](CC#N)[C@H](NC(=O)c1ccccc1F)C(=O)O. The summed E-state index contributed by atoms with van der Waals surface area (Å²) in [6, 6.07) is 5.89. The highest BCUT2D eigenvalue weighted by Crippen LogP contribution is 2.11. The number of halogens is 1. The molecule has 100 valence electrons. The smallest absolute Gasteiger partial charge is 0.326 e. The number of hydrogen-bond acceptors (Lipinski definition) is 3. The Balaban J connectivity index is 2.87. The number of hydrogen-bond donors (Lipinski definition) is 2. The van der Waals surface area contributed by atoms with Crippen molar-refractivity contribution in [1.82, 2.24) is 5.32 Å². The van der Waals surface area contributed by atoms with Gasteiger partial charge in [0.15, 0.2) is 0 Å². The van der Waals surface area contributed by atoms with Crippen LogP contribution in [0.5, 0.6) is 0 Å². The zero-order valence-electron chi connectivity index (χ0n) is 10.3. The second-order valence-electron chi connectivity index (χ2n) is 4.11. The molecule has 1 aromatic carbocycles. The summed E-state index contributed by atoms with van der Waals surface area (Å²) in [5, 5.41) is 19.8. The molecule has 5 nitrogen and oxygen atoms in total. The summed E-state index contributed by atoms with van der Waals surface area (Å²) in [6.45, 7) is 1.53. The summed E-state index contributed by atoms with van der Waals surface area (Å²) >= 11 is 0. The Morgan fingerprint density at radius 2 is 2.11 bits per heavy atom. The van der Waals surface area contributed by atoms with Crippen molar-refractivity contribution in [2.75, 3.05) is 0 Å². The number of carbonyl (C=O) groups excluding carboxylic acids is 1. The average Bonchev–Trinajstić information content (AvgIpc) is 2.36. The number of carboxylic acid groups (broad SMARTS) is 1. The van der Waals surface area contributed by atoms with Crippen LogP contribution in [-0.4, -0.2) is 23.0 Å². The van der Waals surface area contributed by atoms with E-state index >= 15 is 0 Å². The van der Waals surface area contributed by atoms with Crippen molar-refractivity contribution in [3.63, 3.8) is 0 Å². The van der Waals surface area contributed by atoms with Crippen molar-refractivity contribution in [2.45, 2.75) is 19.4 Å². The van der Waals surface area contributed by atoms with E-state index in [1.165, 1.54) is 25.1 Å². The van der Waals surface area contributed by atoms with Crippen molar-refractivity contribution in [1.29, 1.82) is 5.26 Å². The summed E-state index contributed by atoms with van der Waals surface area (Å²) in [5.41, 5.74) is -0.224. The van der Waals surface area contributed by atoms with E-state index in [9.17, 15) is 14.0 Å². The molecule has 0 aliphatic carbocycles. The van der Waals surface area contributed by atoms with Gasteiger partial charge < -0.3 is 10.4 Å². The molecule has 0 spiro atoms. The lowest BCUT2D eigenvalue weighted by Crippen LogP contribution is -2.45. The third-order valence-electron chi connectivity index (χ3n) is 2.65. The monoisotopic (exact) mass is 264 g/mol. The number of carbonyl (C=O) groups is 2. The zero-order valence-corrected chi connectivity index (χ0v) is 10.3. The van der Waals surface area contributed by atoms with Crippen molar-refractivity contribution >= 4 is 11.9 Å². The van der Waals surface area contributed by atoms with Crippen LogP contribution in [0.3, 0.4) is 0 Å². The van der Waals surface area contributed by atoms with Gasteiger partial charge in [0.1, 0.15) is 11.9 Å². The third-order valence-corrected chi connectivity index (χ3v) is 2.65. The summed E-state index contributed by atoms with van der Waals surface area (Å²) < 4.78 is 13.4. The Bertz CT molecular complexity index is 525. The van der Waals surface area contributed by atoms with Gasteiger partial charge in [-0.3, -0.25) is 4.79 Å². The van der Waals surface area contributed by atoms with Crippen molar-refractivity contribution in [3.05, 3.63) is 35.6 Å². The third kappa shape index (κ3) is 3.78. The first-order chi connectivity index (χ1) is 8.97. The van der Waals surface area contributed by atoms with Crippen LogP contribution in [0, 0.1) is 23.1 Å². The summed E-state index contributed by atoms with van der Waals surface area (Å²) in [5.74, 6) is -3.36. The van der Waals surface area contributed by atoms with Gasteiger partial charge in [0.2, 0.25) is 0 Å². The topological polar surface area (TPSA) is 90.2 Å². The molecule has 0 aliphatic heterocycles. The van der Waals surface area contributed by atoms with Crippen LogP contribution in [0.2, 0.25) is 0 Å². The predicted octanol–water partition coefficient (Wildman–Crippen LogP) is 1.56. The average molecular weight is 264 g/mol. The van der Waals surface area contributed by atoms with Gasteiger partial charge in [0, 0.05) is 12.3 Å². The van der Waals surface area contributed by atoms with E-state index in [0.717, 1.165) is 6.07 Å². The molecule has 0 saturated heterocycles. The minimum atomic E-state index is -1.26. The maximum absolute atomic E-state index is 13.4. The molecule has 0 fully saturated rings. The molecule has 0 bridgehead atoms. The number of rotatable bonds is 5. The molecule has 6 heteroatoms. The standard InChI is InChI=1S/C13H13FN2O3/c1-8(6-7-15)11(13(18)19)16-12(17)9-4-2-3-5-10(9)14/h2-5,8,11H,6H2,1H3,(H,16,17)(H,18,19)/t8-,11+/m1/s1. The Morgan fingerprint density at radius 1 is 1.47 bits per heavy atom.